The molecule has 1 amide bonds. The van der Waals surface area contributed by atoms with Gasteiger partial charge in [0.25, 0.3) is 0 Å². The van der Waals surface area contributed by atoms with Crippen LogP contribution in [0.25, 0.3) is 0 Å². The monoisotopic (exact) mass is 363 g/mol. The van der Waals surface area contributed by atoms with Gasteiger partial charge in [-0.3, -0.25) is 9.79 Å². The highest BCUT2D eigenvalue weighted by molar-refractivity contribution is 7.09. The van der Waals surface area contributed by atoms with Crippen LogP contribution in [-0.2, 0) is 17.4 Å². The van der Waals surface area contributed by atoms with Crippen molar-refractivity contribution < 1.29 is 18.0 Å². The van der Waals surface area contributed by atoms with Gasteiger partial charge < -0.3 is 16.0 Å². The molecule has 134 valence electrons. The van der Waals surface area contributed by atoms with Gasteiger partial charge in [0.05, 0.1) is 5.01 Å². The molecule has 2 rings (SSSR count). The maximum Gasteiger partial charge on any atom is 0.434 e. The van der Waals surface area contributed by atoms with Gasteiger partial charge in [0.15, 0.2) is 11.7 Å². The average molecular weight is 363 g/mol. The SMILES string of the molecule is CN=C(NCCNC(=O)C1CC1)NCCc1nc(C(F)(F)F)cs1. The number of carbonyl (C=O) groups is 1. The van der Waals surface area contributed by atoms with E-state index in [2.05, 4.69) is 25.9 Å². The number of hydrogen-bond acceptors (Lipinski definition) is 4. The number of hydrogen-bond donors (Lipinski definition) is 3. The molecule has 0 spiro atoms. The van der Waals surface area contributed by atoms with E-state index in [0.717, 1.165) is 29.6 Å². The van der Waals surface area contributed by atoms with Crippen LogP contribution in [0.1, 0.15) is 23.5 Å². The molecule has 0 saturated heterocycles. The summed E-state index contributed by atoms with van der Waals surface area (Å²) in [6.07, 6.45) is -2.09. The molecule has 1 aliphatic carbocycles. The van der Waals surface area contributed by atoms with E-state index >= 15 is 0 Å². The molecule has 0 bridgehead atoms. The number of thiazole rings is 1. The Morgan fingerprint density at radius 3 is 2.54 bits per heavy atom. The molecular formula is C14H20F3N5OS. The van der Waals surface area contributed by atoms with Crippen molar-refractivity contribution in [1.82, 2.24) is 20.9 Å². The first-order valence-corrected chi connectivity index (χ1v) is 8.52. The lowest BCUT2D eigenvalue weighted by Gasteiger charge is -2.11. The van der Waals surface area contributed by atoms with Gasteiger partial charge in [-0.2, -0.15) is 13.2 Å². The molecule has 0 aromatic carbocycles. The molecule has 1 fully saturated rings. The highest BCUT2D eigenvalue weighted by atomic mass is 32.1. The Kier molecular flexibility index (Phi) is 6.41. The van der Waals surface area contributed by atoms with Gasteiger partial charge in [-0.1, -0.05) is 0 Å². The number of guanidine groups is 1. The van der Waals surface area contributed by atoms with Gasteiger partial charge in [-0.05, 0) is 12.8 Å². The largest absolute Gasteiger partial charge is 0.434 e. The molecule has 0 atom stereocenters. The zero-order valence-electron chi connectivity index (χ0n) is 13.2. The number of halogens is 3. The molecule has 0 radical (unpaired) electrons. The summed E-state index contributed by atoms with van der Waals surface area (Å²) in [5.74, 6) is 0.801. The van der Waals surface area contributed by atoms with Gasteiger partial charge in [-0.15, -0.1) is 11.3 Å². The van der Waals surface area contributed by atoms with Crippen molar-refractivity contribution in [3.63, 3.8) is 0 Å². The van der Waals surface area contributed by atoms with Crippen LogP contribution in [0.3, 0.4) is 0 Å². The predicted molar refractivity (Wildman–Crippen MR) is 85.9 cm³/mol. The highest BCUT2D eigenvalue weighted by Gasteiger charge is 2.33. The molecular weight excluding hydrogens is 343 g/mol. The van der Waals surface area contributed by atoms with Crippen LogP contribution in [0, 0.1) is 5.92 Å². The van der Waals surface area contributed by atoms with Crippen molar-refractivity contribution in [1.29, 1.82) is 0 Å². The van der Waals surface area contributed by atoms with Crippen LogP contribution in [0.5, 0.6) is 0 Å². The fourth-order valence-electron chi connectivity index (χ4n) is 1.92. The van der Waals surface area contributed by atoms with E-state index < -0.39 is 11.9 Å². The topological polar surface area (TPSA) is 78.4 Å². The van der Waals surface area contributed by atoms with Crippen molar-refractivity contribution in [3.05, 3.63) is 16.1 Å². The Bertz CT molecular complexity index is 583. The lowest BCUT2D eigenvalue weighted by molar-refractivity contribution is -0.140. The minimum Gasteiger partial charge on any atom is -0.356 e. The van der Waals surface area contributed by atoms with Crippen LogP contribution < -0.4 is 16.0 Å². The second kappa shape index (κ2) is 8.32. The second-order valence-electron chi connectivity index (χ2n) is 5.37. The van der Waals surface area contributed by atoms with E-state index in [1.807, 2.05) is 0 Å². The average Bonchev–Trinajstić information content (AvgIpc) is 3.27. The number of nitrogens with one attached hydrogen (secondary N) is 3. The summed E-state index contributed by atoms with van der Waals surface area (Å²) in [6, 6.07) is 0. The zero-order valence-corrected chi connectivity index (χ0v) is 14.1. The van der Waals surface area contributed by atoms with E-state index in [0.29, 0.717) is 37.0 Å². The van der Waals surface area contributed by atoms with Crippen LogP contribution in [0.4, 0.5) is 13.2 Å². The van der Waals surface area contributed by atoms with E-state index in [1.165, 1.54) is 0 Å². The standard InChI is InChI=1S/C14H20F3N5OS/c1-18-13(21-7-6-19-12(23)9-2-3-9)20-5-4-11-22-10(8-24-11)14(15,16)17/h8-9H,2-7H2,1H3,(H,19,23)(H2,18,20,21). The molecule has 10 heteroatoms. The minimum absolute atomic E-state index is 0.0870. The summed E-state index contributed by atoms with van der Waals surface area (Å²) < 4.78 is 37.4. The van der Waals surface area contributed by atoms with E-state index in [1.54, 1.807) is 7.05 Å². The summed E-state index contributed by atoms with van der Waals surface area (Å²) in [5, 5.41) is 10.3. The number of aliphatic imine (C=N–C) groups is 1. The Labute approximate surface area is 142 Å². The molecule has 1 aromatic heterocycles. The summed E-state index contributed by atoms with van der Waals surface area (Å²) in [6.45, 7) is 1.43. The number of rotatable bonds is 7. The molecule has 1 heterocycles. The third-order valence-electron chi connectivity index (χ3n) is 3.36. The van der Waals surface area contributed by atoms with E-state index in [-0.39, 0.29) is 11.8 Å². The maximum atomic E-state index is 12.5. The molecule has 6 nitrogen and oxygen atoms in total. The number of alkyl halides is 3. The van der Waals surface area contributed by atoms with Gasteiger partial charge in [0, 0.05) is 44.4 Å². The quantitative estimate of drug-likeness (QED) is 0.389. The third kappa shape index (κ3) is 5.99. The van der Waals surface area contributed by atoms with Gasteiger partial charge in [0.1, 0.15) is 0 Å². The first-order valence-electron chi connectivity index (χ1n) is 7.64. The fraction of sp³-hybridized carbons (Fsp3) is 0.643. The maximum absolute atomic E-state index is 12.5. The van der Waals surface area contributed by atoms with Crippen molar-refractivity contribution in [2.45, 2.75) is 25.4 Å². The van der Waals surface area contributed by atoms with Crippen molar-refractivity contribution in [3.8, 4) is 0 Å². The minimum atomic E-state index is -4.40. The molecule has 0 unspecified atom stereocenters. The summed E-state index contributed by atoms with van der Waals surface area (Å²) in [7, 11) is 1.60. The molecule has 1 aromatic rings. The summed E-state index contributed by atoms with van der Waals surface area (Å²) in [5.41, 5.74) is -0.851. The molecule has 0 aliphatic heterocycles. The van der Waals surface area contributed by atoms with Crippen LogP contribution >= 0.6 is 11.3 Å². The highest BCUT2D eigenvalue weighted by Crippen LogP contribution is 2.30. The number of nitrogens with zero attached hydrogens (tertiary/aromatic N) is 2. The Balaban J connectivity index is 1.62. The third-order valence-corrected chi connectivity index (χ3v) is 4.27. The summed E-state index contributed by atoms with van der Waals surface area (Å²) in [4.78, 5) is 19.0. The van der Waals surface area contributed by atoms with Gasteiger partial charge in [0.2, 0.25) is 5.91 Å². The Morgan fingerprint density at radius 1 is 1.29 bits per heavy atom. The number of carbonyl (C=O) groups excluding carboxylic acids is 1. The smallest absolute Gasteiger partial charge is 0.356 e. The van der Waals surface area contributed by atoms with Gasteiger partial charge >= 0.3 is 6.18 Å². The van der Waals surface area contributed by atoms with Crippen molar-refractivity contribution in [2.75, 3.05) is 26.7 Å². The number of amides is 1. The van der Waals surface area contributed by atoms with Gasteiger partial charge in [-0.25, -0.2) is 4.98 Å². The van der Waals surface area contributed by atoms with Crippen LogP contribution in [0.2, 0.25) is 0 Å². The predicted octanol–water partition coefficient (Wildman–Crippen LogP) is 1.40. The molecule has 24 heavy (non-hydrogen) atoms. The van der Waals surface area contributed by atoms with E-state index in [4.69, 9.17) is 0 Å². The van der Waals surface area contributed by atoms with Crippen LogP contribution in [-0.4, -0.2) is 43.5 Å². The van der Waals surface area contributed by atoms with E-state index in [9.17, 15) is 18.0 Å². The lowest BCUT2D eigenvalue weighted by Crippen LogP contribution is -2.42. The lowest BCUT2D eigenvalue weighted by atomic mass is 10.4. The molecule has 3 N–H and O–H groups in total. The van der Waals surface area contributed by atoms with Crippen LogP contribution in [0.15, 0.2) is 10.4 Å². The second-order valence-corrected chi connectivity index (χ2v) is 6.31. The van der Waals surface area contributed by atoms with Crippen molar-refractivity contribution in [2.24, 2.45) is 10.9 Å². The van der Waals surface area contributed by atoms with Crippen molar-refractivity contribution >= 4 is 23.2 Å². The first kappa shape index (κ1) is 18.5. The molecule has 1 saturated carbocycles. The Morgan fingerprint density at radius 2 is 1.96 bits per heavy atom. The fourth-order valence-corrected chi connectivity index (χ4v) is 2.73. The first-order chi connectivity index (χ1) is 11.4. The zero-order chi connectivity index (χ0) is 17.6. The number of aromatic nitrogens is 1. The normalized spacial score (nSPS) is 15.2. The molecule has 1 aliphatic rings. The Hall–Kier alpha value is -1.84. The summed E-state index contributed by atoms with van der Waals surface area (Å²) >= 11 is 0.990.